The van der Waals surface area contributed by atoms with Crippen LogP contribution in [0, 0.1) is 11.7 Å². The van der Waals surface area contributed by atoms with Gasteiger partial charge in [-0.2, -0.15) is 0 Å². The van der Waals surface area contributed by atoms with Crippen molar-refractivity contribution in [1.29, 1.82) is 0 Å². The molecule has 1 aromatic carbocycles. The van der Waals surface area contributed by atoms with Crippen molar-refractivity contribution >= 4 is 33.3 Å². The number of piperidine rings is 1. The molecule has 0 aliphatic carbocycles. The van der Waals surface area contributed by atoms with E-state index in [4.69, 9.17) is 0 Å². The first-order valence-corrected chi connectivity index (χ1v) is 7.13. The van der Waals surface area contributed by atoms with Crippen molar-refractivity contribution < 1.29 is 14.0 Å². The fourth-order valence-corrected chi connectivity index (χ4v) is 2.95. The third-order valence-electron chi connectivity index (χ3n) is 3.38. The Morgan fingerprint density at radius 3 is 2.89 bits per heavy atom. The highest BCUT2D eigenvalue weighted by Crippen LogP contribution is 2.33. The van der Waals surface area contributed by atoms with Crippen molar-refractivity contribution in [2.45, 2.75) is 26.2 Å². The lowest BCUT2D eigenvalue weighted by Gasteiger charge is -2.32. The summed E-state index contributed by atoms with van der Waals surface area (Å²) in [7, 11) is 0. The van der Waals surface area contributed by atoms with E-state index < -0.39 is 11.7 Å². The van der Waals surface area contributed by atoms with Gasteiger partial charge in [0.15, 0.2) is 0 Å². The summed E-state index contributed by atoms with van der Waals surface area (Å²) in [5.41, 5.74) is 0.237. The molecule has 1 amide bonds. The number of Topliss-reactive ketones (excluding diaryl/α,β-unsaturated/α-hetero) is 1. The van der Waals surface area contributed by atoms with Crippen LogP contribution >= 0.6 is 15.9 Å². The lowest BCUT2D eigenvalue weighted by molar-refractivity contribution is -0.133. The number of para-hydroxylation sites is 1. The van der Waals surface area contributed by atoms with E-state index >= 15 is 0 Å². The second-order valence-electron chi connectivity index (χ2n) is 4.57. The highest BCUT2D eigenvalue weighted by Gasteiger charge is 2.35. The molecule has 0 radical (unpaired) electrons. The summed E-state index contributed by atoms with van der Waals surface area (Å²) < 4.78 is 14.4. The van der Waals surface area contributed by atoms with Crippen LogP contribution in [-0.4, -0.2) is 18.2 Å². The van der Waals surface area contributed by atoms with Crippen molar-refractivity contribution in [1.82, 2.24) is 0 Å². The normalized spacial score (nSPS) is 19.6. The van der Waals surface area contributed by atoms with E-state index in [1.54, 1.807) is 19.1 Å². The summed E-state index contributed by atoms with van der Waals surface area (Å²) in [6.45, 7) is 2.19. The SMILES string of the molecule is CCC(=O)[C@H]1CCCN(c2c(F)cccc2Br)C1=O. The molecule has 0 aromatic heterocycles. The van der Waals surface area contributed by atoms with Gasteiger partial charge in [0, 0.05) is 17.4 Å². The van der Waals surface area contributed by atoms with E-state index in [0.29, 0.717) is 30.3 Å². The van der Waals surface area contributed by atoms with Crippen molar-refractivity contribution in [3.05, 3.63) is 28.5 Å². The molecule has 1 aliphatic heterocycles. The maximum atomic E-state index is 13.9. The monoisotopic (exact) mass is 327 g/mol. The largest absolute Gasteiger partial charge is 0.308 e. The minimum atomic E-state index is -0.620. The van der Waals surface area contributed by atoms with Gasteiger partial charge in [-0.1, -0.05) is 13.0 Å². The van der Waals surface area contributed by atoms with Gasteiger partial charge < -0.3 is 4.90 Å². The first-order chi connectivity index (χ1) is 9.06. The fraction of sp³-hybridized carbons (Fsp3) is 0.429. The second kappa shape index (κ2) is 5.82. The molecule has 5 heteroatoms. The van der Waals surface area contributed by atoms with Gasteiger partial charge in [-0.05, 0) is 40.9 Å². The van der Waals surface area contributed by atoms with E-state index in [1.165, 1.54) is 11.0 Å². The lowest BCUT2D eigenvalue weighted by Crippen LogP contribution is -2.44. The lowest BCUT2D eigenvalue weighted by atomic mass is 9.91. The molecule has 0 spiro atoms. The van der Waals surface area contributed by atoms with Crippen LogP contribution in [0.2, 0.25) is 0 Å². The molecule has 1 fully saturated rings. The molecule has 102 valence electrons. The molecule has 1 atom stereocenters. The average molecular weight is 328 g/mol. The van der Waals surface area contributed by atoms with E-state index in [9.17, 15) is 14.0 Å². The average Bonchev–Trinajstić information content (AvgIpc) is 2.39. The third kappa shape index (κ3) is 2.71. The van der Waals surface area contributed by atoms with Gasteiger partial charge in [0.2, 0.25) is 5.91 Å². The van der Waals surface area contributed by atoms with Crippen molar-refractivity contribution in [3.63, 3.8) is 0 Å². The zero-order valence-electron chi connectivity index (χ0n) is 10.7. The maximum Gasteiger partial charge on any atom is 0.237 e. The zero-order chi connectivity index (χ0) is 14.0. The Hall–Kier alpha value is -1.23. The minimum Gasteiger partial charge on any atom is -0.308 e. The van der Waals surface area contributed by atoms with Gasteiger partial charge in [0.25, 0.3) is 0 Å². The highest BCUT2D eigenvalue weighted by atomic mass is 79.9. The maximum absolute atomic E-state index is 13.9. The number of hydrogen-bond donors (Lipinski definition) is 0. The van der Waals surface area contributed by atoms with Crippen LogP contribution in [0.1, 0.15) is 26.2 Å². The number of carbonyl (C=O) groups is 2. The Morgan fingerprint density at radius 1 is 1.53 bits per heavy atom. The van der Waals surface area contributed by atoms with Gasteiger partial charge in [0.1, 0.15) is 11.6 Å². The summed E-state index contributed by atoms with van der Waals surface area (Å²) in [5, 5.41) is 0. The number of ketones is 1. The van der Waals surface area contributed by atoms with Crippen LogP contribution in [0.5, 0.6) is 0 Å². The van der Waals surface area contributed by atoms with Crippen LogP contribution in [-0.2, 0) is 9.59 Å². The molecule has 19 heavy (non-hydrogen) atoms. The number of anilines is 1. The minimum absolute atomic E-state index is 0.0674. The number of carbonyl (C=O) groups excluding carboxylic acids is 2. The molecule has 1 aliphatic rings. The number of hydrogen-bond acceptors (Lipinski definition) is 2. The van der Waals surface area contributed by atoms with Crippen molar-refractivity contribution in [2.24, 2.45) is 5.92 Å². The van der Waals surface area contributed by atoms with Crippen LogP contribution in [0.3, 0.4) is 0 Å². The molecule has 1 saturated heterocycles. The van der Waals surface area contributed by atoms with E-state index in [1.807, 2.05) is 0 Å². The summed E-state index contributed by atoms with van der Waals surface area (Å²) in [5.74, 6) is -1.43. The number of benzene rings is 1. The van der Waals surface area contributed by atoms with Crippen LogP contribution in [0.25, 0.3) is 0 Å². The van der Waals surface area contributed by atoms with Gasteiger partial charge in [-0.15, -0.1) is 0 Å². The smallest absolute Gasteiger partial charge is 0.237 e. The van der Waals surface area contributed by atoms with Crippen molar-refractivity contribution in [3.8, 4) is 0 Å². The van der Waals surface area contributed by atoms with Gasteiger partial charge in [0.05, 0.1) is 11.6 Å². The molecule has 0 bridgehead atoms. The quantitative estimate of drug-likeness (QED) is 0.799. The molecule has 2 rings (SSSR count). The summed E-state index contributed by atoms with van der Waals surface area (Å²) in [4.78, 5) is 25.5. The Bertz CT molecular complexity index is 498. The molecule has 0 saturated carbocycles. The number of amides is 1. The summed E-state index contributed by atoms with van der Waals surface area (Å²) in [6, 6.07) is 4.58. The van der Waals surface area contributed by atoms with Crippen molar-refractivity contribution in [2.75, 3.05) is 11.4 Å². The van der Waals surface area contributed by atoms with E-state index in [-0.39, 0.29) is 17.4 Å². The number of rotatable bonds is 3. The molecule has 1 aromatic rings. The summed E-state index contributed by atoms with van der Waals surface area (Å²) >= 11 is 3.27. The predicted octanol–water partition coefficient (Wildman–Crippen LogP) is 3.31. The van der Waals surface area contributed by atoms with Crippen LogP contribution < -0.4 is 4.90 Å². The molecule has 0 unspecified atom stereocenters. The number of nitrogens with zero attached hydrogens (tertiary/aromatic N) is 1. The third-order valence-corrected chi connectivity index (χ3v) is 4.02. The summed E-state index contributed by atoms with van der Waals surface area (Å²) in [6.07, 6.45) is 1.61. The Kier molecular flexibility index (Phi) is 4.34. The Morgan fingerprint density at radius 2 is 2.26 bits per heavy atom. The standard InChI is InChI=1S/C14H15BrFNO2/c1-2-12(18)9-5-4-8-17(14(9)19)13-10(15)6-3-7-11(13)16/h3,6-7,9H,2,4-5,8H2,1H3/t9-/m1/s1. The van der Waals surface area contributed by atoms with E-state index in [0.717, 1.165) is 0 Å². The zero-order valence-corrected chi connectivity index (χ0v) is 12.2. The van der Waals surface area contributed by atoms with Gasteiger partial charge in [-0.3, -0.25) is 9.59 Å². The first kappa shape index (κ1) is 14.2. The molecular formula is C14H15BrFNO2. The van der Waals surface area contributed by atoms with E-state index in [2.05, 4.69) is 15.9 Å². The van der Waals surface area contributed by atoms with Gasteiger partial charge >= 0.3 is 0 Å². The fourth-order valence-electron chi connectivity index (χ4n) is 2.39. The predicted molar refractivity (Wildman–Crippen MR) is 74.5 cm³/mol. The molecule has 1 heterocycles. The second-order valence-corrected chi connectivity index (χ2v) is 5.43. The first-order valence-electron chi connectivity index (χ1n) is 6.34. The Labute approximate surface area is 119 Å². The molecule has 0 N–H and O–H groups in total. The topological polar surface area (TPSA) is 37.4 Å². The molecule has 3 nitrogen and oxygen atoms in total. The Balaban J connectivity index is 2.35. The van der Waals surface area contributed by atoms with Crippen LogP contribution in [0.4, 0.5) is 10.1 Å². The highest BCUT2D eigenvalue weighted by molar-refractivity contribution is 9.10. The van der Waals surface area contributed by atoms with Crippen LogP contribution in [0.15, 0.2) is 22.7 Å². The molecular weight excluding hydrogens is 313 g/mol. The van der Waals surface area contributed by atoms with Gasteiger partial charge in [-0.25, -0.2) is 4.39 Å². The number of halogens is 2.